The van der Waals surface area contributed by atoms with Crippen LogP contribution in [0.5, 0.6) is 0 Å². The number of isothiocyanates is 1. The second-order valence-electron chi connectivity index (χ2n) is 8.05. The van der Waals surface area contributed by atoms with E-state index in [1.165, 1.54) is 0 Å². The Labute approximate surface area is 163 Å². The predicted molar refractivity (Wildman–Crippen MR) is 102 cm³/mol. The average Bonchev–Trinajstić information content (AvgIpc) is 2.91. The summed E-state index contributed by atoms with van der Waals surface area (Å²) < 4.78 is 10.9. The van der Waals surface area contributed by atoms with E-state index in [0.29, 0.717) is 12.1 Å². The molecule has 0 aromatic carbocycles. The van der Waals surface area contributed by atoms with Gasteiger partial charge in [0, 0.05) is 6.20 Å². The van der Waals surface area contributed by atoms with Crippen molar-refractivity contribution in [3.8, 4) is 0 Å². The number of carbonyl (C=O) groups excluding carboxylic acids is 2. The molecule has 144 valence electrons. The first-order valence-corrected chi connectivity index (χ1v) is 9.36. The first-order chi connectivity index (χ1) is 12.7. The van der Waals surface area contributed by atoms with E-state index >= 15 is 0 Å². The molecule has 27 heavy (non-hydrogen) atoms. The number of hydrogen-bond acceptors (Lipinski definition) is 7. The van der Waals surface area contributed by atoms with Gasteiger partial charge < -0.3 is 9.47 Å². The van der Waals surface area contributed by atoms with E-state index in [9.17, 15) is 9.59 Å². The van der Waals surface area contributed by atoms with Crippen LogP contribution in [0.4, 0.5) is 15.3 Å². The van der Waals surface area contributed by atoms with Gasteiger partial charge in [-0.1, -0.05) is 6.92 Å². The quantitative estimate of drug-likeness (QED) is 0.549. The van der Waals surface area contributed by atoms with Gasteiger partial charge in [-0.25, -0.2) is 14.5 Å². The van der Waals surface area contributed by atoms with Crippen molar-refractivity contribution in [1.82, 2.24) is 9.88 Å². The van der Waals surface area contributed by atoms with E-state index in [1.807, 2.05) is 13.0 Å². The molecule has 0 radical (unpaired) electrons. The molecule has 0 spiro atoms. The maximum atomic E-state index is 12.6. The molecule has 1 saturated heterocycles. The van der Waals surface area contributed by atoms with Crippen LogP contribution in [-0.4, -0.2) is 45.0 Å². The summed E-state index contributed by atoms with van der Waals surface area (Å²) in [6.07, 6.45) is 3.09. The molecule has 4 atom stereocenters. The number of aromatic nitrogens is 1. The Morgan fingerprint density at radius 3 is 2.85 bits per heavy atom. The minimum atomic E-state index is -0.693. The summed E-state index contributed by atoms with van der Waals surface area (Å²) >= 11 is 4.73. The van der Waals surface area contributed by atoms with Crippen molar-refractivity contribution in [2.24, 2.45) is 10.9 Å². The van der Waals surface area contributed by atoms with Gasteiger partial charge in [0.2, 0.25) is 0 Å². The molecule has 2 amide bonds. The first kappa shape index (κ1) is 19.5. The Hall–Kier alpha value is -2.31. The summed E-state index contributed by atoms with van der Waals surface area (Å²) in [7, 11) is 0. The largest absolute Gasteiger partial charge is 0.443 e. The highest BCUT2D eigenvalue weighted by atomic mass is 32.1. The molecule has 1 saturated carbocycles. The normalized spacial score (nSPS) is 27.4. The molecule has 1 aromatic rings. The highest BCUT2D eigenvalue weighted by Gasteiger charge is 2.52. The number of nitrogens with zero attached hydrogens (tertiary/aromatic N) is 3. The minimum absolute atomic E-state index is 0.0858. The van der Waals surface area contributed by atoms with Crippen LogP contribution in [0, 0.1) is 5.92 Å². The molecule has 2 heterocycles. The summed E-state index contributed by atoms with van der Waals surface area (Å²) in [6, 6.07) is 1.53. The Morgan fingerprint density at radius 1 is 1.44 bits per heavy atom. The number of rotatable bonds is 2. The number of thiocarbonyl (C=S) groups is 1. The van der Waals surface area contributed by atoms with Gasteiger partial charge in [0.05, 0.1) is 23.1 Å². The summed E-state index contributed by atoms with van der Waals surface area (Å²) in [5, 5.41) is 2.39. The van der Waals surface area contributed by atoms with Gasteiger partial charge >= 0.3 is 12.2 Å². The van der Waals surface area contributed by atoms with Crippen molar-refractivity contribution < 1.29 is 19.1 Å². The Balaban J connectivity index is 1.89. The average molecular weight is 389 g/mol. The number of hydrogen-bond donors (Lipinski definition) is 0. The summed E-state index contributed by atoms with van der Waals surface area (Å²) in [4.78, 5) is 34.3. The lowest BCUT2D eigenvalue weighted by molar-refractivity contribution is 0.0233. The SMILES string of the molecule is C[C@H]1C[C@@H](c2ccncc2N=C=S)C[C@@H]2[C@H]1OC(=O)N2C(=O)OC(C)(C)C. The van der Waals surface area contributed by atoms with Gasteiger partial charge in [-0.05, 0) is 69.3 Å². The van der Waals surface area contributed by atoms with Crippen molar-refractivity contribution in [1.29, 1.82) is 0 Å². The van der Waals surface area contributed by atoms with Crippen LogP contribution in [-0.2, 0) is 9.47 Å². The van der Waals surface area contributed by atoms with Crippen LogP contribution in [0.2, 0.25) is 0 Å². The first-order valence-electron chi connectivity index (χ1n) is 8.96. The Kier molecular flexibility index (Phi) is 5.31. The maximum Gasteiger partial charge on any atom is 0.420 e. The fraction of sp³-hybridized carbons (Fsp3) is 0.579. The maximum absolute atomic E-state index is 12.6. The standard InChI is InChI=1S/C19H23N3O4S/c1-11-7-12(13-5-6-20-9-14(13)21-10-27)8-15-16(11)25-17(23)22(15)18(24)26-19(2,3)4/h5-6,9,11-12,15-16H,7-8H2,1-4H3/t11-,12+,15+,16-/m0/s1. The van der Waals surface area contributed by atoms with E-state index in [-0.39, 0.29) is 24.0 Å². The number of ether oxygens (including phenoxy) is 2. The Morgan fingerprint density at radius 2 is 2.19 bits per heavy atom. The number of amides is 2. The van der Waals surface area contributed by atoms with Crippen molar-refractivity contribution in [2.45, 2.75) is 64.2 Å². The summed E-state index contributed by atoms with van der Waals surface area (Å²) in [5.41, 5.74) is 0.954. The molecule has 2 aliphatic rings. The van der Waals surface area contributed by atoms with Gasteiger partial charge in [-0.15, -0.1) is 0 Å². The van der Waals surface area contributed by atoms with Crippen molar-refractivity contribution in [2.75, 3.05) is 0 Å². The highest BCUT2D eigenvalue weighted by Crippen LogP contribution is 2.45. The summed E-state index contributed by atoms with van der Waals surface area (Å²) in [5.74, 6) is 0.174. The van der Waals surface area contributed by atoms with E-state index in [0.717, 1.165) is 16.9 Å². The molecule has 8 heteroatoms. The van der Waals surface area contributed by atoms with E-state index in [4.69, 9.17) is 21.7 Å². The summed E-state index contributed by atoms with van der Waals surface area (Å²) in [6.45, 7) is 7.33. The molecule has 1 aromatic heterocycles. The lowest BCUT2D eigenvalue weighted by Crippen LogP contribution is -2.48. The molecule has 2 fully saturated rings. The molecule has 0 unspecified atom stereocenters. The molecule has 1 aliphatic carbocycles. The second kappa shape index (κ2) is 7.37. The van der Waals surface area contributed by atoms with Crippen LogP contribution >= 0.6 is 12.2 Å². The molecule has 1 aliphatic heterocycles. The van der Waals surface area contributed by atoms with Gasteiger partial charge in [0.1, 0.15) is 11.7 Å². The molecule has 3 rings (SSSR count). The van der Waals surface area contributed by atoms with E-state index < -0.39 is 17.8 Å². The molecular formula is C19H23N3O4S. The highest BCUT2D eigenvalue weighted by molar-refractivity contribution is 7.78. The second-order valence-corrected chi connectivity index (χ2v) is 8.23. The molecule has 7 nitrogen and oxygen atoms in total. The van der Waals surface area contributed by atoms with Gasteiger partial charge in [0.25, 0.3) is 0 Å². The number of imide groups is 1. The third-order valence-electron chi connectivity index (χ3n) is 4.92. The molecular weight excluding hydrogens is 366 g/mol. The topological polar surface area (TPSA) is 81.1 Å². The van der Waals surface area contributed by atoms with Crippen molar-refractivity contribution in [3.05, 3.63) is 24.0 Å². The van der Waals surface area contributed by atoms with Crippen LogP contribution in [0.25, 0.3) is 0 Å². The minimum Gasteiger partial charge on any atom is -0.443 e. The zero-order chi connectivity index (χ0) is 19.8. The van der Waals surface area contributed by atoms with E-state index in [1.54, 1.807) is 33.2 Å². The predicted octanol–water partition coefficient (Wildman–Crippen LogP) is 4.45. The van der Waals surface area contributed by atoms with E-state index in [2.05, 4.69) is 15.1 Å². The number of carbonyl (C=O) groups is 2. The third kappa shape index (κ3) is 4.01. The number of pyridine rings is 1. The lowest BCUT2D eigenvalue weighted by Gasteiger charge is -2.37. The van der Waals surface area contributed by atoms with Gasteiger partial charge in [0.15, 0.2) is 0 Å². The number of aliphatic imine (C=N–C) groups is 1. The van der Waals surface area contributed by atoms with Crippen LogP contribution in [0.1, 0.15) is 52.0 Å². The smallest absolute Gasteiger partial charge is 0.420 e. The monoisotopic (exact) mass is 389 g/mol. The fourth-order valence-corrected chi connectivity index (χ4v) is 4.00. The lowest BCUT2D eigenvalue weighted by atomic mass is 9.74. The zero-order valence-electron chi connectivity index (χ0n) is 15.8. The molecule has 0 N–H and O–H groups in total. The van der Waals surface area contributed by atoms with Crippen molar-refractivity contribution >= 4 is 35.3 Å². The van der Waals surface area contributed by atoms with Crippen molar-refractivity contribution in [3.63, 3.8) is 0 Å². The fourth-order valence-electron chi connectivity index (χ4n) is 3.90. The third-order valence-corrected chi connectivity index (χ3v) is 5.01. The molecule has 0 bridgehead atoms. The van der Waals surface area contributed by atoms with Gasteiger partial charge in [-0.2, -0.15) is 4.99 Å². The van der Waals surface area contributed by atoms with Gasteiger partial charge in [-0.3, -0.25) is 4.98 Å². The van der Waals surface area contributed by atoms with Crippen LogP contribution < -0.4 is 0 Å². The zero-order valence-corrected chi connectivity index (χ0v) is 16.7. The van der Waals surface area contributed by atoms with Crippen LogP contribution in [0.3, 0.4) is 0 Å². The number of fused-ring (bicyclic) bond motifs is 1. The van der Waals surface area contributed by atoms with Crippen LogP contribution in [0.15, 0.2) is 23.5 Å². The Bertz CT molecular complexity index is 800.